The number of esters is 1. The first kappa shape index (κ1) is 19.9. The molecule has 0 amide bonds. The number of nitrogens with zero attached hydrogens (tertiary/aromatic N) is 1. The van der Waals surface area contributed by atoms with E-state index in [-0.39, 0.29) is 5.97 Å². The molecule has 1 aliphatic heterocycles. The smallest absolute Gasteiger partial charge is 0.330 e. The lowest BCUT2D eigenvalue weighted by Crippen LogP contribution is -2.25. The molecular formula is C22H23Cl2NO2. The zero-order valence-corrected chi connectivity index (χ0v) is 16.8. The minimum Gasteiger partial charge on any atom is -0.466 e. The minimum absolute atomic E-state index is 0.345. The predicted molar refractivity (Wildman–Crippen MR) is 111 cm³/mol. The van der Waals surface area contributed by atoms with Crippen molar-refractivity contribution in [2.45, 2.75) is 25.3 Å². The zero-order chi connectivity index (χ0) is 19.2. The summed E-state index contributed by atoms with van der Waals surface area (Å²) in [6.45, 7) is 2.07. The Hall–Kier alpha value is -1.81. The van der Waals surface area contributed by atoms with E-state index >= 15 is 0 Å². The third-order valence-electron chi connectivity index (χ3n) is 4.98. The number of hydrogen-bond donors (Lipinski definition) is 0. The van der Waals surface area contributed by atoms with Gasteiger partial charge in [-0.05, 0) is 60.7 Å². The van der Waals surface area contributed by atoms with Gasteiger partial charge in [0.1, 0.15) is 0 Å². The monoisotopic (exact) mass is 403 g/mol. The first-order valence-corrected chi connectivity index (χ1v) is 9.86. The van der Waals surface area contributed by atoms with Gasteiger partial charge in [-0.15, -0.1) is 0 Å². The molecule has 1 atom stereocenters. The topological polar surface area (TPSA) is 29.5 Å². The largest absolute Gasteiger partial charge is 0.466 e. The lowest BCUT2D eigenvalue weighted by molar-refractivity contribution is -0.134. The molecule has 0 aliphatic carbocycles. The SMILES string of the molecule is COC(=O)C=Cc1ccc([C@@H]2CCCN2CCc2ccc(Cl)cc2Cl)cc1. The molecule has 0 saturated carbocycles. The number of benzene rings is 2. The van der Waals surface area contributed by atoms with Crippen LogP contribution in [0.4, 0.5) is 0 Å². The van der Waals surface area contributed by atoms with Crippen molar-refractivity contribution in [2.24, 2.45) is 0 Å². The fourth-order valence-corrected chi connectivity index (χ4v) is 4.02. The Morgan fingerprint density at radius 2 is 2.00 bits per heavy atom. The van der Waals surface area contributed by atoms with Gasteiger partial charge in [-0.3, -0.25) is 4.90 Å². The Morgan fingerprint density at radius 3 is 2.70 bits per heavy atom. The molecule has 1 heterocycles. The van der Waals surface area contributed by atoms with Crippen LogP contribution in [-0.4, -0.2) is 31.1 Å². The van der Waals surface area contributed by atoms with Crippen molar-refractivity contribution in [3.63, 3.8) is 0 Å². The fraction of sp³-hybridized carbons (Fsp3) is 0.318. The molecule has 0 unspecified atom stereocenters. The average Bonchev–Trinajstić information content (AvgIpc) is 3.14. The van der Waals surface area contributed by atoms with Gasteiger partial charge in [-0.1, -0.05) is 53.5 Å². The Balaban J connectivity index is 1.63. The number of carbonyl (C=O) groups excluding carboxylic acids is 1. The highest BCUT2D eigenvalue weighted by molar-refractivity contribution is 6.35. The highest BCUT2D eigenvalue weighted by Crippen LogP contribution is 2.32. The molecule has 5 heteroatoms. The van der Waals surface area contributed by atoms with Crippen LogP contribution in [0.25, 0.3) is 6.08 Å². The van der Waals surface area contributed by atoms with Crippen LogP contribution < -0.4 is 0 Å². The van der Waals surface area contributed by atoms with E-state index in [1.165, 1.54) is 25.2 Å². The highest BCUT2D eigenvalue weighted by Gasteiger charge is 2.25. The summed E-state index contributed by atoms with van der Waals surface area (Å²) in [7, 11) is 1.38. The molecule has 1 saturated heterocycles. The molecule has 3 rings (SSSR count). The van der Waals surface area contributed by atoms with Crippen LogP contribution in [0.2, 0.25) is 10.0 Å². The third-order valence-corrected chi connectivity index (χ3v) is 5.57. The Morgan fingerprint density at radius 1 is 1.22 bits per heavy atom. The number of likely N-dealkylation sites (tertiary alicyclic amines) is 1. The van der Waals surface area contributed by atoms with Crippen molar-refractivity contribution in [3.8, 4) is 0 Å². The summed E-state index contributed by atoms with van der Waals surface area (Å²) in [4.78, 5) is 13.7. The van der Waals surface area contributed by atoms with Crippen LogP contribution in [0.1, 0.15) is 35.6 Å². The number of carbonyl (C=O) groups is 1. The summed E-state index contributed by atoms with van der Waals surface area (Å²) >= 11 is 12.3. The number of rotatable bonds is 6. The standard InChI is InChI=1S/C22H23Cl2NO2/c1-27-22(26)11-6-16-4-7-18(8-5-16)21-3-2-13-25(21)14-12-17-9-10-19(23)15-20(17)24/h4-11,15,21H,2-3,12-14H2,1H3/t21-/m0/s1. The highest BCUT2D eigenvalue weighted by atomic mass is 35.5. The lowest BCUT2D eigenvalue weighted by Gasteiger charge is -2.25. The first-order valence-electron chi connectivity index (χ1n) is 9.11. The van der Waals surface area contributed by atoms with Gasteiger partial charge < -0.3 is 4.74 Å². The summed E-state index contributed by atoms with van der Waals surface area (Å²) in [5.41, 5.74) is 3.43. The number of ether oxygens (including phenoxy) is 1. The van der Waals surface area contributed by atoms with Gasteiger partial charge in [-0.2, -0.15) is 0 Å². The Bertz CT molecular complexity index is 818. The van der Waals surface area contributed by atoms with Crippen molar-refractivity contribution in [1.82, 2.24) is 4.90 Å². The second kappa shape index (κ2) is 9.41. The first-order chi connectivity index (χ1) is 13.1. The van der Waals surface area contributed by atoms with E-state index < -0.39 is 0 Å². The predicted octanol–water partition coefficient (Wildman–Crippen LogP) is 5.56. The second-order valence-corrected chi connectivity index (χ2v) is 7.55. The maximum atomic E-state index is 11.2. The van der Waals surface area contributed by atoms with Gasteiger partial charge in [0.05, 0.1) is 7.11 Å². The van der Waals surface area contributed by atoms with E-state index in [1.54, 1.807) is 12.1 Å². The van der Waals surface area contributed by atoms with Crippen molar-refractivity contribution in [1.29, 1.82) is 0 Å². The number of hydrogen-bond acceptors (Lipinski definition) is 3. The lowest BCUT2D eigenvalue weighted by atomic mass is 10.0. The van der Waals surface area contributed by atoms with Crippen LogP contribution in [0, 0.1) is 0 Å². The average molecular weight is 404 g/mol. The number of halogens is 2. The van der Waals surface area contributed by atoms with Gasteiger partial charge >= 0.3 is 5.97 Å². The van der Waals surface area contributed by atoms with Gasteiger partial charge in [0.15, 0.2) is 0 Å². The van der Waals surface area contributed by atoms with E-state index in [0.717, 1.165) is 42.1 Å². The van der Waals surface area contributed by atoms with Crippen LogP contribution in [0.5, 0.6) is 0 Å². The van der Waals surface area contributed by atoms with E-state index in [1.807, 2.05) is 24.3 Å². The van der Waals surface area contributed by atoms with Gasteiger partial charge in [0.2, 0.25) is 0 Å². The maximum Gasteiger partial charge on any atom is 0.330 e. The van der Waals surface area contributed by atoms with E-state index in [9.17, 15) is 4.79 Å². The number of methoxy groups -OCH3 is 1. The molecule has 0 bridgehead atoms. The van der Waals surface area contributed by atoms with E-state index in [2.05, 4.69) is 21.8 Å². The van der Waals surface area contributed by atoms with E-state index in [0.29, 0.717) is 11.1 Å². The zero-order valence-electron chi connectivity index (χ0n) is 15.3. The Labute approximate surface area is 170 Å². The van der Waals surface area contributed by atoms with Crippen LogP contribution in [-0.2, 0) is 16.0 Å². The molecule has 3 nitrogen and oxygen atoms in total. The van der Waals surface area contributed by atoms with Gasteiger partial charge in [-0.25, -0.2) is 4.79 Å². The minimum atomic E-state index is -0.345. The van der Waals surface area contributed by atoms with Crippen LogP contribution in [0.3, 0.4) is 0 Å². The van der Waals surface area contributed by atoms with Gasteiger partial charge in [0, 0.05) is 28.7 Å². The van der Waals surface area contributed by atoms with Gasteiger partial charge in [0.25, 0.3) is 0 Å². The molecule has 142 valence electrons. The molecule has 1 fully saturated rings. The second-order valence-electron chi connectivity index (χ2n) is 6.70. The van der Waals surface area contributed by atoms with E-state index in [4.69, 9.17) is 23.2 Å². The molecule has 0 spiro atoms. The van der Waals surface area contributed by atoms with Crippen LogP contribution >= 0.6 is 23.2 Å². The third kappa shape index (κ3) is 5.35. The summed E-state index contributed by atoms with van der Waals surface area (Å²) in [5.74, 6) is -0.345. The molecule has 2 aromatic rings. The normalized spacial score (nSPS) is 17.5. The molecule has 27 heavy (non-hydrogen) atoms. The maximum absolute atomic E-state index is 11.2. The summed E-state index contributed by atoms with van der Waals surface area (Å²) in [6.07, 6.45) is 6.47. The summed E-state index contributed by atoms with van der Waals surface area (Å²) in [5, 5.41) is 1.41. The summed E-state index contributed by atoms with van der Waals surface area (Å²) < 4.78 is 4.62. The Kier molecular flexibility index (Phi) is 6.95. The van der Waals surface area contributed by atoms with Crippen molar-refractivity contribution < 1.29 is 9.53 Å². The quantitative estimate of drug-likeness (QED) is 0.466. The fourth-order valence-electron chi connectivity index (χ4n) is 3.52. The molecule has 0 radical (unpaired) electrons. The molecule has 0 aromatic heterocycles. The summed E-state index contributed by atoms with van der Waals surface area (Å²) in [6, 6.07) is 14.5. The van der Waals surface area contributed by atoms with Crippen LogP contribution in [0.15, 0.2) is 48.5 Å². The van der Waals surface area contributed by atoms with Crippen molar-refractivity contribution >= 4 is 35.2 Å². The van der Waals surface area contributed by atoms with Crippen molar-refractivity contribution in [3.05, 3.63) is 75.3 Å². The molecular weight excluding hydrogens is 381 g/mol. The molecule has 0 N–H and O–H groups in total. The molecule has 2 aromatic carbocycles. The van der Waals surface area contributed by atoms with Crippen molar-refractivity contribution in [2.75, 3.05) is 20.2 Å². The molecule has 1 aliphatic rings.